The van der Waals surface area contributed by atoms with E-state index in [9.17, 15) is 4.79 Å². The molecule has 2 aromatic rings. The number of carbonyl (C=O) groups excluding carboxylic acids is 1. The zero-order valence-electron chi connectivity index (χ0n) is 14.2. The first-order valence-corrected chi connectivity index (χ1v) is 9.04. The van der Waals surface area contributed by atoms with Crippen LogP contribution in [0.5, 0.6) is 11.5 Å². The lowest BCUT2D eigenvalue weighted by Gasteiger charge is -2.27. The summed E-state index contributed by atoms with van der Waals surface area (Å²) in [7, 11) is 0. The zero-order valence-corrected chi connectivity index (χ0v) is 14.2. The van der Waals surface area contributed by atoms with E-state index in [1.807, 2.05) is 48.5 Å². The molecule has 1 N–H and O–H groups in total. The van der Waals surface area contributed by atoms with Crippen LogP contribution in [0.1, 0.15) is 36.3 Å². The van der Waals surface area contributed by atoms with E-state index in [4.69, 9.17) is 9.47 Å². The number of carbonyl (C=O) groups is 1. The standard InChI is InChI=1S/C21H23NO3/c23-21(22-12-5-13-24-14-15-10-11-15)20-16-6-1-3-8-18(16)25-19-9-4-2-7-17(19)20/h1-4,6-9,15,20H,5,10-14H2,(H,22,23). The van der Waals surface area contributed by atoms with Crippen molar-refractivity contribution in [2.24, 2.45) is 5.92 Å². The van der Waals surface area contributed by atoms with Crippen molar-refractivity contribution in [3.8, 4) is 11.5 Å². The number of hydrogen-bond acceptors (Lipinski definition) is 3. The molecule has 1 heterocycles. The lowest BCUT2D eigenvalue weighted by Crippen LogP contribution is -2.32. The largest absolute Gasteiger partial charge is 0.457 e. The topological polar surface area (TPSA) is 47.6 Å². The smallest absolute Gasteiger partial charge is 0.232 e. The van der Waals surface area contributed by atoms with Crippen molar-refractivity contribution >= 4 is 5.91 Å². The highest BCUT2D eigenvalue weighted by atomic mass is 16.5. The first kappa shape index (κ1) is 16.2. The van der Waals surface area contributed by atoms with Crippen molar-refractivity contribution in [1.82, 2.24) is 5.32 Å². The van der Waals surface area contributed by atoms with E-state index in [-0.39, 0.29) is 11.8 Å². The average molecular weight is 337 g/mol. The van der Waals surface area contributed by atoms with Crippen molar-refractivity contribution in [3.05, 3.63) is 59.7 Å². The predicted octanol–water partition coefficient (Wildman–Crippen LogP) is 3.86. The van der Waals surface area contributed by atoms with E-state index in [2.05, 4.69) is 5.32 Å². The highest BCUT2D eigenvalue weighted by molar-refractivity contribution is 5.89. The fourth-order valence-electron chi connectivity index (χ4n) is 3.21. The Kier molecular flexibility index (Phi) is 4.70. The maximum atomic E-state index is 12.9. The Morgan fingerprint density at radius 1 is 1.04 bits per heavy atom. The van der Waals surface area contributed by atoms with Crippen molar-refractivity contribution in [3.63, 3.8) is 0 Å². The molecule has 0 unspecified atom stereocenters. The zero-order chi connectivity index (χ0) is 17.1. The minimum Gasteiger partial charge on any atom is -0.457 e. The summed E-state index contributed by atoms with van der Waals surface area (Å²) in [6.45, 7) is 2.21. The van der Waals surface area contributed by atoms with Crippen molar-refractivity contribution < 1.29 is 14.3 Å². The molecule has 2 aromatic carbocycles. The molecule has 0 aromatic heterocycles. The highest BCUT2D eigenvalue weighted by Crippen LogP contribution is 2.43. The second kappa shape index (κ2) is 7.28. The average Bonchev–Trinajstić information content (AvgIpc) is 3.46. The fourth-order valence-corrected chi connectivity index (χ4v) is 3.21. The summed E-state index contributed by atoms with van der Waals surface area (Å²) in [5, 5.41) is 3.06. The minimum absolute atomic E-state index is 0.0189. The Hall–Kier alpha value is -2.33. The molecule has 0 atom stereocenters. The van der Waals surface area contributed by atoms with Gasteiger partial charge in [0.1, 0.15) is 11.5 Å². The third-order valence-corrected chi connectivity index (χ3v) is 4.76. The van der Waals surface area contributed by atoms with Gasteiger partial charge in [-0.05, 0) is 37.3 Å². The molecule has 1 aliphatic carbocycles. The summed E-state index contributed by atoms with van der Waals surface area (Å²) in [6, 6.07) is 15.5. The summed E-state index contributed by atoms with van der Waals surface area (Å²) in [5.74, 6) is 1.99. The van der Waals surface area contributed by atoms with Gasteiger partial charge in [-0.1, -0.05) is 36.4 Å². The van der Waals surface area contributed by atoms with Gasteiger partial charge in [0.2, 0.25) is 5.91 Å². The number of ether oxygens (including phenoxy) is 2. The van der Waals surface area contributed by atoms with E-state index >= 15 is 0 Å². The van der Waals surface area contributed by atoms with E-state index in [0.717, 1.165) is 41.6 Å². The van der Waals surface area contributed by atoms with Gasteiger partial charge < -0.3 is 14.8 Å². The van der Waals surface area contributed by atoms with E-state index < -0.39 is 0 Å². The van der Waals surface area contributed by atoms with Crippen LogP contribution in [-0.2, 0) is 9.53 Å². The number of benzene rings is 2. The molecule has 1 amide bonds. The summed E-state index contributed by atoms with van der Waals surface area (Å²) in [4.78, 5) is 12.9. The van der Waals surface area contributed by atoms with Gasteiger partial charge in [0.25, 0.3) is 0 Å². The van der Waals surface area contributed by atoms with Gasteiger partial charge in [-0.3, -0.25) is 4.79 Å². The number of fused-ring (bicyclic) bond motifs is 2. The van der Waals surface area contributed by atoms with Crippen LogP contribution in [0.15, 0.2) is 48.5 Å². The monoisotopic (exact) mass is 337 g/mol. The molecular formula is C21H23NO3. The van der Waals surface area contributed by atoms with Gasteiger partial charge in [0.15, 0.2) is 0 Å². The van der Waals surface area contributed by atoms with Crippen LogP contribution in [-0.4, -0.2) is 25.7 Å². The van der Waals surface area contributed by atoms with Crippen LogP contribution in [0.25, 0.3) is 0 Å². The second-order valence-corrected chi connectivity index (χ2v) is 6.77. The lowest BCUT2D eigenvalue weighted by atomic mass is 9.87. The van der Waals surface area contributed by atoms with Gasteiger partial charge in [-0.25, -0.2) is 0 Å². The molecule has 2 aliphatic rings. The molecule has 4 rings (SSSR count). The van der Waals surface area contributed by atoms with Crippen LogP contribution in [0.2, 0.25) is 0 Å². The van der Waals surface area contributed by atoms with Gasteiger partial charge >= 0.3 is 0 Å². The summed E-state index contributed by atoms with van der Waals surface area (Å²) >= 11 is 0. The fraction of sp³-hybridized carbons (Fsp3) is 0.381. The van der Waals surface area contributed by atoms with Crippen LogP contribution in [0.3, 0.4) is 0 Å². The van der Waals surface area contributed by atoms with Crippen molar-refractivity contribution in [2.75, 3.05) is 19.8 Å². The Balaban J connectivity index is 1.40. The predicted molar refractivity (Wildman–Crippen MR) is 96.0 cm³/mol. The lowest BCUT2D eigenvalue weighted by molar-refractivity contribution is -0.121. The Bertz CT molecular complexity index is 709. The highest BCUT2D eigenvalue weighted by Gasteiger charge is 2.32. The van der Waals surface area contributed by atoms with Gasteiger partial charge in [0, 0.05) is 30.9 Å². The molecule has 4 nitrogen and oxygen atoms in total. The Morgan fingerprint density at radius 2 is 1.68 bits per heavy atom. The normalized spacial score (nSPS) is 15.8. The van der Waals surface area contributed by atoms with Crippen LogP contribution >= 0.6 is 0 Å². The molecule has 130 valence electrons. The molecule has 1 aliphatic heterocycles. The van der Waals surface area contributed by atoms with Gasteiger partial charge in [-0.2, -0.15) is 0 Å². The first-order valence-electron chi connectivity index (χ1n) is 9.04. The Labute approximate surface area is 148 Å². The minimum atomic E-state index is -0.325. The molecule has 1 fully saturated rings. The summed E-state index contributed by atoms with van der Waals surface area (Å²) in [5.41, 5.74) is 1.84. The summed E-state index contributed by atoms with van der Waals surface area (Å²) in [6.07, 6.45) is 3.45. The quantitative estimate of drug-likeness (QED) is 0.781. The number of nitrogens with one attached hydrogen (secondary N) is 1. The molecule has 1 saturated carbocycles. The molecule has 0 bridgehead atoms. The third kappa shape index (κ3) is 3.69. The first-order chi connectivity index (χ1) is 12.3. The maximum Gasteiger partial charge on any atom is 0.232 e. The van der Waals surface area contributed by atoms with Crippen LogP contribution in [0.4, 0.5) is 0 Å². The molecule has 0 spiro atoms. The van der Waals surface area contributed by atoms with Crippen molar-refractivity contribution in [1.29, 1.82) is 0 Å². The maximum absolute atomic E-state index is 12.9. The molecule has 0 radical (unpaired) electrons. The second-order valence-electron chi connectivity index (χ2n) is 6.77. The van der Waals surface area contributed by atoms with Crippen LogP contribution < -0.4 is 10.1 Å². The number of hydrogen-bond donors (Lipinski definition) is 1. The third-order valence-electron chi connectivity index (χ3n) is 4.76. The van der Waals surface area contributed by atoms with Gasteiger partial charge in [0.05, 0.1) is 5.92 Å². The van der Waals surface area contributed by atoms with E-state index in [1.165, 1.54) is 12.8 Å². The van der Waals surface area contributed by atoms with E-state index in [0.29, 0.717) is 13.2 Å². The SMILES string of the molecule is O=C(NCCCOCC1CC1)C1c2ccccc2Oc2ccccc21. The Morgan fingerprint density at radius 3 is 2.32 bits per heavy atom. The summed E-state index contributed by atoms with van der Waals surface area (Å²) < 4.78 is 11.6. The number of rotatable bonds is 7. The molecule has 25 heavy (non-hydrogen) atoms. The van der Waals surface area contributed by atoms with Crippen LogP contribution in [0, 0.1) is 5.92 Å². The molecular weight excluding hydrogens is 314 g/mol. The number of amides is 1. The molecule has 4 heteroatoms. The number of para-hydroxylation sites is 2. The van der Waals surface area contributed by atoms with E-state index in [1.54, 1.807) is 0 Å². The van der Waals surface area contributed by atoms with Crippen molar-refractivity contribution in [2.45, 2.75) is 25.2 Å². The molecule has 0 saturated heterocycles. The van der Waals surface area contributed by atoms with Gasteiger partial charge in [-0.15, -0.1) is 0 Å².